The molecule has 0 aliphatic carbocycles. The van der Waals surface area contributed by atoms with Crippen molar-refractivity contribution in [3.8, 4) is 5.75 Å². The lowest BCUT2D eigenvalue weighted by Gasteiger charge is -2.38. The van der Waals surface area contributed by atoms with Crippen LogP contribution in [-0.4, -0.2) is 83.5 Å². The number of esters is 1. The lowest BCUT2D eigenvalue weighted by Crippen LogP contribution is -2.60. The molecule has 1 saturated heterocycles. The van der Waals surface area contributed by atoms with E-state index in [0.717, 1.165) is 29.7 Å². The van der Waals surface area contributed by atoms with Gasteiger partial charge in [-0.25, -0.2) is 27.7 Å². The highest BCUT2D eigenvalue weighted by atomic mass is 32.1. The Hall–Kier alpha value is -3.86. The highest BCUT2D eigenvalue weighted by molar-refractivity contribution is 7.09. The third-order valence-electron chi connectivity index (χ3n) is 9.27. The Morgan fingerprint density at radius 3 is 2.16 bits per heavy atom. The van der Waals surface area contributed by atoms with Crippen molar-refractivity contribution in [1.29, 1.82) is 0 Å². The lowest BCUT2D eigenvalue weighted by atomic mass is 9.91. The molecule has 2 heterocycles. The van der Waals surface area contributed by atoms with Crippen LogP contribution in [0.1, 0.15) is 88.8 Å². The molecule has 1 aliphatic heterocycles. The Balaban J connectivity index is 1.91. The van der Waals surface area contributed by atoms with E-state index in [9.17, 15) is 41.1 Å². The number of benzene rings is 1. The molecule has 11 nitrogen and oxygen atoms in total. The highest BCUT2D eigenvalue weighted by Crippen LogP contribution is 2.33. The van der Waals surface area contributed by atoms with Crippen molar-refractivity contribution < 1.29 is 50.6 Å². The summed E-state index contributed by atoms with van der Waals surface area (Å²) < 4.78 is 79.3. The second-order valence-electron chi connectivity index (χ2n) is 12.9. The third kappa shape index (κ3) is 8.71. The number of hydrogen-bond donors (Lipinski definition) is 2. The van der Waals surface area contributed by atoms with E-state index < -0.39 is 76.3 Å². The number of likely N-dealkylation sites (tertiary alicyclic amines) is 1. The molecule has 0 radical (unpaired) electrons. The minimum Gasteiger partial charge on any atom is -0.439 e. The van der Waals surface area contributed by atoms with Crippen LogP contribution in [0.4, 0.5) is 26.7 Å². The van der Waals surface area contributed by atoms with E-state index in [2.05, 4.69) is 20.4 Å². The largest absolute Gasteiger partial charge is 0.439 e. The molecule has 2 N–H and O–H groups in total. The number of ether oxygens (including phenoxy) is 2. The van der Waals surface area contributed by atoms with E-state index in [4.69, 9.17) is 4.74 Å². The molecule has 2 aromatic rings. The second kappa shape index (κ2) is 16.9. The van der Waals surface area contributed by atoms with Gasteiger partial charge >= 0.3 is 12.1 Å². The lowest BCUT2D eigenvalue weighted by molar-refractivity contribution is -0.142. The Bertz CT molecular complexity index is 1550. The molecule has 1 aromatic carbocycles. The van der Waals surface area contributed by atoms with Crippen LogP contribution >= 0.6 is 11.3 Å². The highest BCUT2D eigenvalue weighted by Gasteiger charge is 2.44. The molecule has 3 rings (SSSR count). The average molecular weight is 734 g/mol. The monoisotopic (exact) mass is 733 g/mol. The van der Waals surface area contributed by atoms with Gasteiger partial charge in [0.05, 0.1) is 5.54 Å². The van der Waals surface area contributed by atoms with Crippen LogP contribution in [0.15, 0.2) is 5.38 Å². The summed E-state index contributed by atoms with van der Waals surface area (Å²) in [6, 6.07) is -1.47. The number of hydrogen-bond acceptors (Lipinski definition) is 9. The number of carbonyl (C=O) groups excluding carboxylic acids is 4. The first-order valence-electron chi connectivity index (χ1n) is 16.3. The number of likely N-dealkylation sites (N-methyl/N-ethyl adjacent to an activating group) is 2. The van der Waals surface area contributed by atoms with Gasteiger partial charge in [-0.05, 0) is 52.1 Å². The summed E-state index contributed by atoms with van der Waals surface area (Å²) in [5.74, 6) is -16.1. The fourth-order valence-corrected chi connectivity index (χ4v) is 6.54. The van der Waals surface area contributed by atoms with Gasteiger partial charge in [-0.1, -0.05) is 34.1 Å². The SMILES string of the molecule is CCNC(=O)OC(CC(C(C)C)N(C)C(=O)C(NC(=O)[C@@]1(C)CCCN1C)C(C)CC)c1nc(C(=O)Oc2c(F)c(F)c(F)c(F)c2F)cs1. The summed E-state index contributed by atoms with van der Waals surface area (Å²) in [6.07, 6.45) is 0.0392. The standard InChI is InChI=1S/C33H44F5N5O6S/c1-9-17(5)26(41-31(46)33(6)12-11-13-42(33)7)29(44)43(8)19(16(3)4)14-20(48-32(47)39-10-2)28-40-18(15-50-28)30(45)49-27-24(37)22(35)21(34)23(36)25(27)38/h15-17,19-20,26H,9-14H2,1-8H3,(H,39,47)(H,41,46)/t17?,19?,20?,26?,33-/m1/s1. The number of thiazole rings is 1. The first kappa shape index (κ1) is 40.6. The second-order valence-corrected chi connectivity index (χ2v) is 13.8. The van der Waals surface area contributed by atoms with Crippen molar-refractivity contribution in [1.82, 2.24) is 25.4 Å². The van der Waals surface area contributed by atoms with Crippen LogP contribution in [-0.2, 0) is 14.3 Å². The summed E-state index contributed by atoms with van der Waals surface area (Å²) >= 11 is 0.807. The summed E-state index contributed by atoms with van der Waals surface area (Å²) in [7, 11) is 3.45. The molecule has 1 aliphatic rings. The molecule has 278 valence electrons. The minimum absolute atomic E-state index is 0.0242. The summed E-state index contributed by atoms with van der Waals surface area (Å²) in [5, 5.41) is 6.61. The molecule has 3 amide bonds. The number of carbonyl (C=O) groups is 4. The number of nitrogens with zero attached hydrogens (tertiary/aromatic N) is 3. The Labute approximate surface area is 291 Å². The van der Waals surface area contributed by atoms with Gasteiger partial charge in [-0.2, -0.15) is 8.78 Å². The van der Waals surface area contributed by atoms with Crippen LogP contribution in [0, 0.1) is 40.9 Å². The van der Waals surface area contributed by atoms with Crippen LogP contribution in [0.25, 0.3) is 0 Å². The van der Waals surface area contributed by atoms with Crippen LogP contribution in [0.5, 0.6) is 5.75 Å². The first-order chi connectivity index (χ1) is 23.4. The zero-order valence-corrected chi connectivity index (χ0v) is 30.1. The molecule has 1 aromatic heterocycles. The predicted molar refractivity (Wildman–Crippen MR) is 174 cm³/mol. The van der Waals surface area contributed by atoms with Gasteiger partial charge in [-0.15, -0.1) is 11.3 Å². The van der Waals surface area contributed by atoms with Crippen molar-refractivity contribution in [2.45, 2.75) is 91.0 Å². The number of halogens is 5. The smallest absolute Gasteiger partial charge is 0.407 e. The number of amides is 3. The quantitative estimate of drug-likeness (QED) is 0.0828. The van der Waals surface area contributed by atoms with E-state index in [1.54, 1.807) is 14.0 Å². The van der Waals surface area contributed by atoms with Gasteiger partial charge in [-0.3, -0.25) is 14.5 Å². The van der Waals surface area contributed by atoms with Crippen molar-refractivity contribution in [2.75, 3.05) is 27.2 Å². The van der Waals surface area contributed by atoms with Gasteiger partial charge in [0, 0.05) is 31.4 Å². The zero-order chi connectivity index (χ0) is 37.7. The Kier molecular flexibility index (Phi) is 13.7. The van der Waals surface area contributed by atoms with Crippen molar-refractivity contribution in [3.05, 3.63) is 45.2 Å². The normalized spacial score (nSPS) is 18.7. The third-order valence-corrected chi connectivity index (χ3v) is 10.2. The van der Waals surface area contributed by atoms with Crippen molar-refractivity contribution in [2.24, 2.45) is 11.8 Å². The molecular formula is C33H44F5N5O6S. The fourth-order valence-electron chi connectivity index (χ4n) is 5.71. The van der Waals surface area contributed by atoms with E-state index >= 15 is 0 Å². The van der Waals surface area contributed by atoms with Crippen LogP contribution in [0.2, 0.25) is 0 Å². The maximum atomic E-state index is 14.2. The summed E-state index contributed by atoms with van der Waals surface area (Å²) in [5.41, 5.74) is -1.33. The number of aromatic nitrogens is 1. The summed E-state index contributed by atoms with van der Waals surface area (Å²) in [6.45, 7) is 11.9. The Morgan fingerprint density at radius 1 is 1.04 bits per heavy atom. The van der Waals surface area contributed by atoms with E-state index in [0.29, 0.717) is 12.8 Å². The van der Waals surface area contributed by atoms with E-state index in [1.807, 2.05) is 46.6 Å². The molecular weight excluding hydrogens is 689 g/mol. The van der Waals surface area contributed by atoms with E-state index in [1.165, 1.54) is 4.90 Å². The molecule has 0 saturated carbocycles. The molecule has 0 spiro atoms. The van der Waals surface area contributed by atoms with Crippen LogP contribution in [0.3, 0.4) is 0 Å². The first-order valence-corrected chi connectivity index (χ1v) is 17.2. The number of nitrogens with one attached hydrogen (secondary N) is 2. The molecule has 1 fully saturated rings. The molecule has 5 atom stereocenters. The minimum atomic E-state index is -2.42. The van der Waals surface area contributed by atoms with Crippen molar-refractivity contribution in [3.63, 3.8) is 0 Å². The maximum Gasteiger partial charge on any atom is 0.407 e. The van der Waals surface area contributed by atoms with Crippen LogP contribution < -0.4 is 15.4 Å². The Morgan fingerprint density at radius 2 is 1.64 bits per heavy atom. The summed E-state index contributed by atoms with van der Waals surface area (Å²) in [4.78, 5) is 60.5. The van der Waals surface area contributed by atoms with Gasteiger partial charge in [0.15, 0.2) is 11.8 Å². The molecule has 50 heavy (non-hydrogen) atoms. The molecule has 4 unspecified atom stereocenters. The maximum absolute atomic E-state index is 14.2. The average Bonchev–Trinajstić information content (AvgIpc) is 3.71. The van der Waals surface area contributed by atoms with E-state index in [-0.39, 0.29) is 41.6 Å². The number of rotatable bonds is 14. The topological polar surface area (TPSA) is 130 Å². The molecule has 0 bridgehead atoms. The van der Waals surface area contributed by atoms with Gasteiger partial charge in [0.1, 0.15) is 11.0 Å². The predicted octanol–water partition coefficient (Wildman–Crippen LogP) is 5.73. The van der Waals surface area contributed by atoms with Gasteiger partial charge in [0.25, 0.3) is 0 Å². The molecule has 17 heteroatoms. The van der Waals surface area contributed by atoms with Gasteiger partial charge in [0.2, 0.25) is 46.6 Å². The zero-order valence-electron chi connectivity index (χ0n) is 29.3. The van der Waals surface area contributed by atoms with Crippen molar-refractivity contribution >= 4 is 35.2 Å². The fraction of sp³-hybridized carbons (Fsp3) is 0.606. The number of alkyl carbamates (subject to hydrolysis) is 1. The van der Waals surface area contributed by atoms with Gasteiger partial charge < -0.3 is 25.0 Å².